The van der Waals surface area contributed by atoms with Gasteiger partial charge in [-0.05, 0) is 18.4 Å². The molecule has 1 aromatic carbocycles. The Kier molecular flexibility index (Phi) is 2.66. The molecule has 1 unspecified atom stereocenters. The van der Waals surface area contributed by atoms with E-state index in [1.165, 1.54) is 6.92 Å². The maximum Gasteiger partial charge on any atom is 0.304 e. The molecule has 0 spiro atoms. The summed E-state index contributed by atoms with van der Waals surface area (Å²) in [6.07, 6.45) is 2.40. The summed E-state index contributed by atoms with van der Waals surface area (Å²) in [7, 11) is 0. The zero-order chi connectivity index (χ0) is 11.6. The fourth-order valence-corrected chi connectivity index (χ4v) is 2.29. The lowest BCUT2D eigenvalue weighted by atomic mass is 9.80. The Morgan fingerprint density at radius 3 is 2.94 bits per heavy atom. The predicted molar refractivity (Wildman–Crippen MR) is 58.4 cm³/mol. The van der Waals surface area contributed by atoms with Gasteiger partial charge in [-0.25, -0.2) is 0 Å². The number of benzene rings is 1. The Morgan fingerprint density at radius 2 is 2.25 bits per heavy atom. The van der Waals surface area contributed by atoms with Gasteiger partial charge in [0, 0.05) is 18.9 Å². The summed E-state index contributed by atoms with van der Waals surface area (Å²) >= 11 is 0. The summed E-state index contributed by atoms with van der Waals surface area (Å²) in [5.74, 6) is -0.404. The zero-order valence-electron chi connectivity index (χ0n) is 9.19. The van der Waals surface area contributed by atoms with Gasteiger partial charge >= 0.3 is 5.97 Å². The highest BCUT2D eigenvalue weighted by atomic mass is 16.6. The smallest absolute Gasteiger partial charge is 0.304 e. The summed E-state index contributed by atoms with van der Waals surface area (Å²) in [4.78, 5) is 11.1. The summed E-state index contributed by atoms with van der Waals surface area (Å²) < 4.78 is 5.25. The molecular weight excluding hydrogens is 202 g/mol. The van der Waals surface area contributed by atoms with E-state index >= 15 is 0 Å². The van der Waals surface area contributed by atoms with Crippen LogP contribution in [0.3, 0.4) is 0 Å². The van der Waals surface area contributed by atoms with Crippen molar-refractivity contribution in [3.8, 4) is 6.07 Å². The van der Waals surface area contributed by atoms with E-state index in [9.17, 15) is 10.1 Å². The van der Waals surface area contributed by atoms with Crippen LogP contribution in [0.1, 0.15) is 30.9 Å². The molecule has 1 atom stereocenters. The Labute approximate surface area is 94.6 Å². The van der Waals surface area contributed by atoms with Crippen LogP contribution in [0.5, 0.6) is 0 Å². The van der Waals surface area contributed by atoms with Gasteiger partial charge in [-0.15, -0.1) is 0 Å². The predicted octanol–water partition coefficient (Wildman–Crippen LogP) is 2.30. The molecule has 0 amide bonds. The second-order valence-corrected chi connectivity index (χ2v) is 4.04. The van der Waals surface area contributed by atoms with Crippen LogP contribution in [0.15, 0.2) is 24.3 Å². The number of esters is 1. The van der Waals surface area contributed by atoms with Gasteiger partial charge in [-0.1, -0.05) is 24.3 Å². The molecule has 0 aliphatic heterocycles. The fourth-order valence-electron chi connectivity index (χ4n) is 2.29. The van der Waals surface area contributed by atoms with E-state index in [4.69, 9.17) is 4.74 Å². The molecule has 1 aliphatic carbocycles. The molecule has 1 aromatic rings. The van der Waals surface area contributed by atoms with Crippen molar-refractivity contribution in [3.63, 3.8) is 0 Å². The maximum absolute atomic E-state index is 11.1. The van der Waals surface area contributed by atoms with Gasteiger partial charge in [0.1, 0.15) is 6.07 Å². The number of fused-ring (bicyclic) bond motifs is 1. The lowest BCUT2D eigenvalue weighted by Crippen LogP contribution is -2.34. The molecule has 0 fully saturated rings. The van der Waals surface area contributed by atoms with Crippen LogP contribution in [-0.4, -0.2) is 5.97 Å². The summed E-state index contributed by atoms with van der Waals surface area (Å²) in [5, 5.41) is 9.31. The highest BCUT2D eigenvalue weighted by Crippen LogP contribution is 2.37. The standard InChI is InChI=1S/C13H13NO2/c1-10(15)16-13(9-14)8-4-6-11-5-2-3-7-12(11)13/h2-3,5,7H,4,6,8H2,1H3. The van der Waals surface area contributed by atoms with Gasteiger partial charge in [0.05, 0.1) is 0 Å². The van der Waals surface area contributed by atoms with Gasteiger partial charge in [-0.3, -0.25) is 4.79 Å². The first-order valence-electron chi connectivity index (χ1n) is 5.37. The van der Waals surface area contributed by atoms with E-state index in [-0.39, 0.29) is 0 Å². The quantitative estimate of drug-likeness (QED) is 0.675. The molecule has 0 bridgehead atoms. The number of nitriles is 1. The second-order valence-electron chi connectivity index (χ2n) is 4.04. The largest absolute Gasteiger partial charge is 0.439 e. The molecule has 3 heteroatoms. The Morgan fingerprint density at radius 1 is 1.50 bits per heavy atom. The lowest BCUT2D eigenvalue weighted by Gasteiger charge is -2.32. The molecule has 0 saturated carbocycles. The molecule has 1 aliphatic rings. The number of nitrogens with zero attached hydrogens (tertiary/aromatic N) is 1. The van der Waals surface area contributed by atoms with E-state index in [1.54, 1.807) is 0 Å². The van der Waals surface area contributed by atoms with Crippen LogP contribution in [0.2, 0.25) is 0 Å². The fraction of sp³-hybridized carbons (Fsp3) is 0.385. The van der Waals surface area contributed by atoms with Gasteiger partial charge in [0.15, 0.2) is 0 Å². The van der Waals surface area contributed by atoms with Crippen molar-refractivity contribution in [2.75, 3.05) is 0 Å². The molecule has 16 heavy (non-hydrogen) atoms. The molecule has 0 heterocycles. The average Bonchev–Trinajstić information content (AvgIpc) is 2.29. The molecule has 3 nitrogen and oxygen atoms in total. The van der Waals surface area contributed by atoms with Gasteiger partial charge in [0.25, 0.3) is 0 Å². The normalized spacial score (nSPS) is 23.0. The maximum atomic E-state index is 11.1. The summed E-state index contributed by atoms with van der Waals surface area (Å²) in [6, 6.07) is 9.85. The molecule has 0 N–H and O–H groups in total. The van der Waals surface area contributed by atoms with E-state index in [0.717, 1.165) is 24.0 Å². The third kappa shape index (κ3) is 1.67. The van der Waals surface area contributed by atoms with Gasteiger partial charge in [0.2, 0.25) is 5.60 Å². The van der Waals surface area contributed by atoms with E-state index in [1.807, 2.05) is 24.3 Å². The first kappa shape index (κ1) is 10.7. The van der Waals surface area contributed by atoms with Crippen molar-refractivity contribution in [1.29, 1.82) is 5.26 Å². The molecular formula is C13H13NO2. The number of hydrogen-bond donors (Lipinski definition) is 0. The number of carbonyl (C=O) groups excluding carboxylic acids is 1. The third-order valence-corrected chi connectivity index (χ3v) is 2.93. The minimum absolute atomic E-state index is 0.404. The highest BCUT2D eigenvalue weighted by molar-refractivity contribution is 5.67. The monoisotopic (exact) mass is 215 g/mol. The number of aryl methyl sites for hydroxylation is 1. The molecule has 2 rings (SSSR count). The zero-order valence-corrected chi connectivity index (χ0v) is 9.19. The second kappa shape index (κ2) is 3.97. The van der Waals surface area contributed by atoms with Gasteiger partial charge < -0.3 is 4.74 Å². The van der Waals surface area contributed by atoms with Gasteiger partial charge in [-0.2, -0.15) is 5.26 Å². The van der Waals surface area contributed by atoms with Crippen molar-refractivity contribution in [1.82, 2.24) is 0 Å². The van der Waals surface area contributed by atoms with Crippen molar-refractivity contribution >= 4 is 5.97 Å². The third-order valence-electron chi connectivity index (χ3n) is 2.93. The molecule has 0 saturated heterocycles. The van der Waals surface area contributed by atoms with E-state index in [0.29, 0.717) is 6.42 Å². The average molecular weight is 215 g/mol. The van der Waals surface area contributed by atoms with E-state index in [2.05, 4.69) is 6.07 Å². The highest BCUT2D eigenvalue weighted by Gasteiger charge is 2.39. The lowest BCUT2D eigenvalue weighted by molar-refractivity contribution is -0.153. The van der Waals surface area contributed by atoms with Crippen molar-refractivity contribution < 1.29 is 9.53 Å². The minimum atomic E-state index is -1.07. The number of rotatable bonds is 1. The van der Waals surface area contributed by atoms with Crippen LogP contribution < -0.4 is 0 Å². The first-order chi connectivity index (χ1) is 7.68. The minimum Gasteiger partial charge on any atom is -0.439 e. The summed E-state index contributed by atoms with van der Waals surface area (Å²) in [6.45, 7) is 1.34. The van der Waals surface area contributed by atoms with Crippen molar-refractivity contribution in [2.24, 2.45) is 0 Å². The summed E-state index contributed by atoms with van der Waals surface area (Å²) in [5.41, 5.74) is 0.885. The van der Waals surface area contributed by atoms with Crippen molar-refractivity contribution in [3.05, 3.63) is 35.4 Å². The molecule has 0 aromatic heterocycles. The number of hydrogen-bond acceptors (Lipinski definition) is 3. The van der Waals surface area contributed by atoms with Crippen molar-refractivity contribution in [2.45, 2.75) is 31.8 Å². The van der Waals surface area contributed by atoms with Crippen LogP contribution in [0.4, 0.5) is 0 Å². The van der Waals surface area contributed by atoms with E-state index < -0.39 is 11.6 Å². The van der Waals surface area contributed by atoms with Crippen LogP contribution in [0.25, 0.3) is 0 Å². The Hall–Kier alpha value is -1.82. The Balaban J connectivity index is 2.50. The SMILES string of the molecule is CC(=O)OC1(C#N)CCCc2ccccc21. The topological polar surface area (TPSA) is 50.1 Å². The first-order valence-corrected chi connectivity index (χ1v) is 5.37. The van der Waals surface area contributed by atoms with Crippen LogP contribution in [-0.2, 0) is 21.6 Å². The molecule has 82 valence electrons. The Bertz CT molecular complexity index is 461. The number of carbonyl (C=O) groups is 1. The molecule has 0 radical (unpaired) electrons. The van der Waals surface area contributed by atoms with Crippen LogP contribution in [0, 0.1) is 11.3 Å². The van der Waals surface area contributed by atoms with Crippen LogP contribution >= 0.6 is 0 Å². The number of ether oxygens (including phenoxy) is 1.